The van der Waals surface area contributed by atoms with Crippen molar-refractivity contribution < 1.29 is 9.53 Å². The van der Waals surface area contributed by atoms with E-state index in [-0.39, 0.29) is 5.91 Å². The summed E-state index contributed by atoms with van der Waals surface area (Å²) < 4.78 is 7.86. The van der Waals surface area contributed by atoms with Gasteiger partial charge in [0.2, 0.25) is 0 Å². The number of benzene rings is 1. The van der Waals surface area contributed by atoms with Gasteiger partial charge in [-0.2, -0.15) is 0 Å². The number of carbonyl (C=O) groups is 1. The Labute approximate surface area is 146 Å². The number of hydrogen-bond donors (Lipinski definition) is 1. The molecular weight excluding hydrogens is 328 g/mol. The van der Waals surface area contributed by atoms with E-state index in [4.69, 9.17) is 16.3 Å². The van der Waals surface area contributed by atoms with Gasteiger partial charge in [0.25, 0.3) is 5.91 Å². The molecule has 2 heterocycles. The molecular formula is C17H21ClN4O2. The molecule has 6 nitrogen and oxygen atoms in total. The molecule has 1 atom stereocenters. The first-order valence-corrected chi connectivity index (χ1v) is 8.54. The number of aryl methyl sites for hydroxylation is 2. The number of fused-ring (bicyclic) bond motifs is 1. The fraction of sp³-hybridized carbons (Fsp3) is 0.471. The number of ether oxygens (including phenoxy) is 1. The minimum atomic E-state index is -0.575. The van der Waals surface area contributed by atoms with E-state index in [0.717, 1.165) is 36.6 Å². The van der Waals surface area contributed by atoms with Crippen LogP contribution < -0.4 is 10.1 Å². The molecule has 0 saturated carbocycles. The Hall–Kier alpha value is -2.08. The average Bonchev–Trinajstić information content (AvgIpc) is 3.14. The van der Waals surface area contributed by atoms with Gasteiger partial charge in [-0.15, -0.1) is 10.2 Å². The summed E-state index contributed by atoms with van der Waals surface area (Å²) in [5.74, 6) is 2.50. The molecule has 24 heavy (non-hydrogen) atoms. The first kappa shape index (κ1) is 16.8. The first-order valence-electron chi connectivity index (χ1n) is 8.16. The summed E-state index contributed by atoms with van der Waals surface area (Å²) in [6, 6.07) is 5.34. The second kappa shape index (κ2) is 7.21. The predicted octanol–water partition coefficient (Wildman–Crippen LogP) is 2.31. The fourth-order valence-corrected chi connectivity index (χ4v) is 3.05. The van der Waals surface area contributed by atoms with Crippen molar-refractivity contribution in [2.24, 2.45) is 0 Å². The van der Waals surface area contributed by atoms with Crippen LogP contribution in [0.15, 0.2) is 18.2 Å². The van der Waals surface area contributed by atoms with Gasteiger partial charge >= 0.3 is 0 Å². The lowest BCUT2D eigenvalue weighted by Crippen LogP contribution is -2.37. The standard InChI is InChI=1S/C17H21ClN4O2/c1-11-10-13(18)5-6-14(11)24-12(2)17(23)19-8-7-16-21-20-15-4-3-9-22(15)16/h5-6,10,12H,3-4,7-9H2,1-2H3,(H,19,23)/t12-/m0/s1. The zero-order valence-electron chi connectivity index (χ0n) is 13.9. The van der Waals surface area contributed by atoms with Gasteiger partial charge in [0.1, 0.15) is 17.4 Å². The van der Waals surface area contributed by atoms with Crippen molar-refractivity contribution >= 4 is 17.5 Å². The molecule has 1 aromatic heterocycles. The summed E-state index contributed by atoms with van der Waals surface area (Å²) in [6.07, 6.45) is 2.21. The number of aromatic nitrogens is 3. The molecule has 1 N–H and O–H groups in total. The van der Waals surface area contributed by atoms with E-state index in [9.17, 15) is 4.79 Å². The Morgan fingerprint density at radius 1 is 1.46 bits per heavy atom. The van der Waals surface area contributed by atoms with Gasteiger partial charge < -0.3 is 14.6 Å². The summed E-state index contributed by atoms with van der Waals surface area (Å²) in [5, 5.41) is 11.9. The van der Waals surface area contributed by atoms with Crippen LogP contribution in [0.2, 0.25) is 5.02 Å². The Kier molecular flexibility index (Phi) is 5.04. The SMILES string of the molecule is Cc1cc(Cl)ccc1O[C@@H](C)C(=O)NCCc1nnc2n1CCC2. The second-order valence-electron chi connectivity index (χ2n) is 6.00. The van der Waals surface area contributed by atoms with Gasteiger partial charge in [-0.05, 0) is 44.0 Å². The molecule has 2 aromatic rings. The van der Waals surface area contributed by atoms with Crippen LogP contribution >= 0.6 is 11.6 Å². The topological polar surface area (TPSA) is 69.0 Å². The molecule has 0 aliphatic carbocycles. The summed E-state index contributed by atoms with van der Waals surface area (Å²) in [6.45, 7) is 5.13. The molecule has 0 saturated heterocycles. The van der Waals surface area contributed by atoms with Crippen molar-refractivity contribution in [3.8, 4) is 5.75 Å². The van der Waals surface area contributed by atoms with Crippen LogP contribution in [0.1, 0.15) is 30.6 Å². The monoisotopic (exact) mass is 348 g/mol. The fourth-order valence-electron chi connectivity index (χ4n) is 2.83. The predicted molar refractivity (Wildman–Crippen MR) is 91.3 cm³/mol. The Bertz CT molecular complexity index is 744. The zero-order chi connectivity index (χ0) is 17.1. The van der Waals surface area contributed by atoms with Crippen molar-refractivity contribution in [2.45, 2.75) is 45.8 Å². The maximum Gasteiger partial charge on any atom is 0.260 e. The van der Waals surface area contributed by atoms with Crippen LogP contribution in [0, 0.1) is 6.92 Å². The van der Waals surface area contributed by atoms with Crippen molar-refractivity contribution in [2.75, 3.05) is 6.54 Å². The van der Waals surface area contributed by atoms with E-state index in [0.29, 0.717) is 23.7 Å². The Balaban J connectivity index is 1.49. The van der Waals surface area contributed by atoms with Crippen molar-refractivity contribution in [1.82, 2.24) is 20.1 Å². The number of halogens is 1. The van der Waals surface area contributed by atoms with Crippen LogP contribution in [0.3, 0.4) is 0 Å². The maximum absolute atomic E-state index is 12.2. The molecule has 128 valence electrons. The lowest BCUT2D eigenvalue weighted by molar-refractivity contribution is -0.127. The van der Waals surface area contributed by atoms with Crippen LogP contribution in [-0.2, 0) is 24.2 Å². The molecule has 1 amide bonds. The smallest absolute Gasteiger partial charge is 0.260 e. The molecule has 0 spiro atoms. The molecule has 7 heteroatoms. The summed E-state index contributed by atoms with van der Waals surface area (Å²) >= 11 is 5.93. The number of amides is 1. The minimum absolute atomic E-state index is 0.148. The number of carbonyl (C=O) groups excluding carboxylic acids is 1. The highest BCUT2D eigenvalue weighted by Crippen LogP contribution is 2.22. The highest BCUT2D eigenvalue weighted by atomic mass is 35.5. The van der Waals surface area contributed by atoms with Crippen LogP contribution in [0.4, 0.5) is 0 Å². The molecule has 0 radical (unpaired) electrons. The Morgan fingerprint density at radius 3 is 3.08 bits per heavy atom. The largest absolute Gasteiger partial charge is 0.481 e. The lowest BCUT2D eigenvalue weighted by Gasteiger charge is -2.16. The van der Waals surface area contributed by atoms with Crippen molar-refractivity contribution in [3.63, 3.8) is 0 Å². The normalized spacial score (nSPS) is 14.3. The van der Waals surface area contributed by atoms with E-state index >= 15 is 0 Å². The molecule has 1 aliphatic heterocycles. The van der Waals surface area contributed by atoms with Gasteiger partial charge in [0, 0.05) is 31.0 Å². The summed E-state index contributed by atoms with van der Waals surface area (Å²) in [5.41, 5.74) is 0.904. The zero-order valence-corrected chi connectivity index (χ0v) is 14.6. The first-order chi connectivity index (χ1) is 11.5. The van der Waals surface area contributed by atoms with E-state index < -0.39 is 6.10 Å². The molecule has 0 bridgehead atoms. The number of nitrogens with zero attached hydrogens (tertiary/aromatic N) is 3. The average molecular weight is 349 g/mol. The molecule has 1 aromatic carbocycles. The summed E-state index contributed by atoms with van der Waals surface area (Å²) in [4.78, 5) is 12.2. The van der Waals surface area contributed by atoms with E-state index in [1.54, 1.807) is 19.1 Å². The van der Waals surface area contributed by atoms with Crippen molar-refractivity contribution in [1.29, 1.82) is 0 Å². The van der Waals surface area contributed by atoms with Crippen LogP contribution in [-0.4, -0.2) is 33.3 Å². The van der Waals surface area contributed by atoms with Gasteiger partial charge in [0.05, 0.1) is 0 Å². The molecule has 0 unspecified atom stereocenters. The molecule has 1 aliphatic rings. The third-order valence-electron chi connectivity index (χ3n) is 4.14. The van der Waals surface area contributed by atoms with Crippen LogP contribution in [0.5, 0.6) is 5.75 Å². The molecule has 3 rings (SSSR count). The van der Waals surface area contributed by atoms with Gasteiger partial charge in [-0.1, -0.05) is 11.6 Å². The van der Waals surface area contributed by atoms with Gasteiger partial charge in [0.15, 0.2) is 6.10 Å². The third kappa shape index (κ3) is 3.70. The van der Waals surface area contributed by atoms with E-state index in [1.807, 2.05) is 13.0 Å². The highest BCUT2D eigenvalue weighted by Gasteiger charge is 2.18. The number of hydrogen-bond acceptors (Lipinski definition) is 4. The minimum Gasteiger partial charge on any atom is -0.481 e. The highest BCUT2D eigenvalue weighted by molar-refractivity contribution is 6.30. The van der Waals surface area contributed by atoms with E-state index in [2.05, 4.69) is 20.1 Å². The van der Waals surface area contributed by atoms with Gasteiger partial charge in [-0.3, -0.25) is 4.79 Å². The van der Waals surface area contributed by atoms with Crippen molar-refractivity contribution in [3.05, 3.63) is 40.4 Å². The second-order valence-corrected chi connectivity index (χ2v) is 6.44. The van der Waals surface area contributed by atoms with Crippen LogP contribution in [0.25, 0.3) is 0 Å². The maximum atomic E-state index is 12.2. The summed E-state index contributed by atoms with van der Waals surface area (Å²) in [7, 11) is 0. The Morgan fingerprint density at radius 2 is 2.29 bits per heavy atom. The molecule has 0 fully saturated rings. The quantitative estimate of drug-likeness (QED) is 0.869. The number of nitrogens with one attached hydrogen (secondary N) is 1. The van der Waals surface area contributed by atoms with Gasteiger partial charge in [-0.25, -0.2) is 0 Å². The van der Waals surface area contributed by atoms with E-state index in [1.165, 1.54) is 0 Å². The lowest BCUT2D eigenvalue weighted by atomic mass is 10.2. The third-order valence-corrected chi connectivity index (χ3v) is 4.38. The number of rotatable bonds is 6.